The standard InChI is InChI=1S/C14H17N2O/c1-2-8-16(7-1)9-10-17-13-3-4-14-12(11-13)5-6-15-14/h3-4,6,11,15H,1-2,7-10H2. The minimum atomic E-state index is 0.774. The molecule has 1 saturated heterocycles. The van der Waals surface area contributed by atoms with Crippen LogP contribution < -0.4 is 4.74 Å². The molecular weight excluding hydrogens is 212 g/mol. The van der Waals surface area contributed by atoms with Crippen LogP contribution in [0.25, 0.3) is 10.9 Å². The smallest absolute Gasteiger partial charge is 0.120 e. The Hall–Kier alpha value is -1.48. The Labute approximate surface area is 101 Å². The zero-order valence-electron chi connectivity index (χ0n) is 9.91. The van der Waals surface area contributed by atoms with Crippen molar-refractivity contribution in [2.45, 2.75) is 12.8 Å². The molecule has 1 aromatic heterocycles. The fourth-order valence-corrected chi connectivity index (χ4v) is 2.35. The predicted molar refractivity (Wildman–Crippen MR) is 68.3 cm³/mol. The normalized spacial score (nSPS) is 16.7. The number of aromatic amines is 1. The summed E-state index contributed by atoms with van der Waals surface area (Å²) in [5.74, 6) is 0.938. The second-order valence-corrected chi connectivity index (χ2v) is 4.54. The lowest BCUT2D eigenvalue weighted by Crippen LogP contribution is -2.25. The van der Waals surface area contributed by atoms with Gasteiger partial charge >= 0.3 is 0 Å². The van der Waals surface area contributed by atoms with E-state index in [-0.39, 0.29) is 0 Å². The maximum Gasteiger partial charge on any atom is 0.120 e. The number of likely N-dealkylation sites (tertiary alicyclic amines) is 1. The third kappa shape index (κ3) is 2.44. The minimum Gasteiger partial charge on any atom is -0.492 e. The van der Waals surface area contributed by atoms with E-state index in [9.17, 15) is 0 Å². The highest BCUT2D eigenvalue weighted by Gasteiger charge is 2.10. The largest absolute Gasteiger partial charge is 0.492 e. The number of nitrogens with zero attached hydrogens (tertiary/aromatic N) is 1. The lowest BCUT2D eigenvalue weighted by atomic mass is 10.2. The summed E-state index contributed by atoms with van der Waals surface area (Å²) in [5.41, 5.74) is 1.11. The minimum absolute atomic E-state index is 0.774. The summed E-state index contributed by atoms with van der Waals surface area (Å²) in [6, 6.07) is 9.23. The van der Waals surface area contributed by atoms with E-state index in [4.69, 9.17) is 4.74 Å². The van der Waals surface area contributed by atoms with Gasteiger partial charge in [-0.05, 0) is 44.1 Å². The van der Waals surface area contributed by atoms with Crippen LogP contribution in [0.5, 0.6) is 5.75 Å². The SMILES string of the molecule is [c]1c[nH]c2ccc(OCCN3CCCC3)cc12. The average Bonchev–Trinajstić information content (AvgIpc) is 2.98. The van der Waals surface area contributed by atoms with Gasteiger partial charge in [-0.1, -0.05) is 0 Å². The quantitative estimate of drug-likeness (QED) is 0.872. The summed E-state index contributed by atoms with van der Waals surface area (Å²) >= 11 is 0. The molecule has 17 heavy (non-hydrogen) atoms. The van der Waals surface area contributed by atoms with Crippen molar-refractivity contribution < 1.29 is 4.74 Å². The highest BCUT2D eigenvalue weighted by molar-refractivity contribution is 5.80. The molecule has 0 bridgehead atoms. The number of fused-ring (bicyclic) bond motifs is 1. The Bertz CT molecular complexity index is 486. The van der Waals surface area contributed by atoms with Gasteiger partial charge in [0.1, 0.15) is 12.4 Å². The topological polar surface area (TPSA) is 28.3 Å². The van der Waals surface area contributed by atoms with E-state index in [1.165, 1.54) is 25.9 Å². The number of hydrogen-bond donors (Lipinski definition) is 1. The van der Waals surface area contributed by atoms with Gasteiger partial charge in [0.15, 0.2) is 0 Å². The van der Waals surface area contributed by atoms with Crippen LogP contribution in [0.15, 0.2) is 24.4 Å². The second kappa shape index (κ2) is 4.80. The molecule has 1 radical (unpaired) electrons. The number of rotatable bonds is 4. The van der Waals surface area contributed by atoms with Gasteiger partial charge in [0.05, 0.1) is 0 Å². The molecule has 89 valence electrons. The van der Waals surface area contributed by atoms with Gasteiger partial charge < -0.3 is 9.72 Å². The van der Waals surface area contributed by atoms with Crippen molar-refractivity contribution in [3.63, 3.8) is 0 Å². The molecule has 0 aliphatic carbocycles. The summed E-state index contributed by atoms with van der Waals surface area (Å²) in [5, 5.41) is 1.09. The lowest BCUT2D eigenvalue weighted by Gasteiger charge is -2.14. The maximum atomic E-state index is 5.77. The molecule has 0 spiro atoms. The highest BCUT2D eigenvalue weighted by Crippen LogP contribution is 2.19. The summed E-state index contributed by atoms with van der Waals surface area (Å²) in [6.45, 7) is 4.27. The van der Waals surface area contributed by atoms with Crippen molar-refractivity contribution in [1.29, 1.82) is 0 Å². The Morgan fingerprint density at radius 2 is 2.18 bits per heavy atom. The fraction of sp³-hybridized carbons (Fsp3) is 0.429. The van der Waals surface area contributed by atoms with E-state index >= 15 is 0 Å². The average molecular weight is 229 g/mol. The molecule has 3 heteroatoms. The van der Waals surface area contributed by atoms with Crippen molar-refractivity contribution in [2.75, 3.05) is 26.2 Å². The summed E-state index contributed by atoms with van der Waals surface area (Å²) in [7, 11) is 0. The molecule has 3 nitrogen and oxygen atoms in total. The molecule has 0 saturated carbocycles. The van der Waals surface area contributed by atoms with Crippen LogP contribution >= 0.6 is 0 Å². The molecule has 0 unspecified atom stereocenters. The summed E-state index contributed by atoms with van der Waals surface area (Å²) in [6.07, 6.45) is 4.51. The fourth-order valence-electron chi connectivity index (χ4n) is 2.35. The van der Waals surface area contributed by atoms with Crippen LogP contribution in [-0.2, 0) is 0 Å². The van der Waals surface area contributed by atoms with Crippen molar-refractivity contribution in [2.24, 2.45) is 0 Å². The van der Waals surface area contributed by atoms with Gasteiger partial charge in [-0.15, -0.1) is 0 Å². The Morgan fingerprint density at radius 3 is 3.06 bits per heavy atom. The molecule has 3 rings (SSSR count). The number of ether oxygens (including phenoxy) is 1. The van der Waals surface area contributed by atoms with Gasteiger partial charge in [0, 0.05) is 29.7 Å². The van der Waals surface area contributed by atoms with E-state index in [1.807, 2.05) is 24.4 Å². The first-order valence-electron chi connectivity index (χ1n) is 6.26. The molecule has 0 amide bonds. The van der Waals surface area contributed by atoms with Gasteiger partial charge in [-0.25, -0.2) is 0 Å². The van der Waals surface area contributed by atoms with Gasteiger partial charge in [0.2, 0.25) is 0 Å². The predicted octanol–water partition coefficient (Wildman–Crippen LogP) is 2.44. The third-order valence-corrected chi connectivity index (χ3v) is 3.32. The molecule has 1 N–H and O–H groups in total. The van der Waals surface area contributed by atoms with E-state index in [0.29, 0.717) is 0 Å². The van der Waals surface area contributed by atoms with E-state index < -0.39 is 0 Å². The number of H-pyrrole nitrogens is 1. The monoisotopic (exact) mass is 229 g/mol. The molecule has 1 fully saturated rings. The van der Waals surface area contributed by atoms with Crippen LogP contribution in [0.1, 0.15) is 12.8 Å². The van der Waals surface area contributed by atoms with Gasteiger partial charge in [0.25, 0.3) is 0 Å². The zero-order valence-corrected chi connectivity index (χ0v) is 9.91. The molecule has 2 aromatic rings. The first-order valence-corrected chi connectivity index (χ1v) is 6.26. The molecule has 1 aromatic carbocycles. The van der Waals surface area contributed by atoms with Gasteiger partial charge in [-0.3, -0.25) is 4.90 Å². The third-order valence-electron chi connectivity index (χ3n) is 3.32. The van der Waals surface area contributed by atoms with E-state index in [1.54, 1.807) is 0 Å². The van der Waals surface area contributed by atoms with Crippen molar-refractivity contribution in [3.05, 3.63) is 30.5 Å². The van der Waals surface area contributed by atoms with Crippen molar-refractivity contribution in [3.8, 4) is 5.75 Å². The molecular formula is C14H17N2O. The van der Waals surface area contributed by atoms with E-state index in [0.717, 1.165) is 29.8 Å². The van der Waals surface area contributed by atoms with Gasteiger partial charge in [-0.2, -0.15) is 0 Å². The second-order valence-electron chi connectivity index (χ2n) is 4.54. The Kier molecular flexibility index (Phi) is 3.01. The lowest BCUT2D eigenvalue weighted by molar-refractivity contribution is 0.238. The zero-order chi connectivity index (χ0) is 11.5. The Balaban J connectivity index is 1.56. The first-order chi connectivity index (χ1) is 8.42. The maximum absolute atomic E-state index is 5.77. The van der Waals surface area contributed by atoms with Crippen LogP contribution in [-0.4, -0.2) is 36.1 Å². The van der Waals surface area contributed by atoms with E-state index in [2.05, 4.69) is 16.0 Å². The first kappa shape index (κ1) is 10.7. The molecule has 1 aliphatic heterocycles. The molecule has 1 aliphatic rings. The number of aromatic nitrogens is 1. The van der Waals surface area contributed by atoms with Crippen LogP contribution in [0, 0.1) is 6.07 Å². The van der Waals surface area contributed by atoms with Crippen molar-refractivity contribution >= 4 is 10.9 Å². The van der Waals surface area contributed by atoms with Crippen molar-refractivity contribution in [1.82, 2.24) is 9.88 Å². The molecule has 2 heterocycles. The number of nitrogens with one attached hydrogen (secondary N) is 1. The van der Waals surface area contributed by atoms with Crippen LogP contribution in [0.4, 0.5) is 0 Å². The Morgan fingerprint density at radius 1 is 1.29 bits per heavy atom. The molecule has 0 atom stereocenters. The number of benzene rings is 1. The number of hydrogen-bond acceptors (Lipinski definition) is 2. The summed E-state index contributed by atoms with van der Waals surface area (Å²) < 4.78 is 5.77. The summed E-state index contributed by atoms with van der Waals surface area (Å²) in [4.78, 5) is 5.59. The highest BCUT2D eigenvalue weighted by atomic mass is 16.5. The van der Waals surface area contributed by atoms with Crippen LogP contribution in [0.2, 0.25) is 0 Å². The van der Waals surface area contributed by atoms with Crippen LogP contribution in [0.3, 0.4) is 0 Å².